The quantitative estimate of drug-likeness (QED) is 0.641. The highest BCUT2D eigenvalue weighted by Gasteiger charge is 2.09. The molecule has 0 aromatic carbocycles. The molecule has 1 heterocycles. The topological polar surface area (TPSA) is 44.4 Å². The largest absolute Gasteiger partial charge is 0.376 e. The molecule has 1 rings (SSSR count). The summed E-state index contributed by atoms with van der Waals surface area (Å²) < 4.78 is 0. The van der Waals surface area contributed by atoms with E-state index in [4.69, 9.17) is 0 Å². The zero-order valence-corrected chi connectivity index (χ0v) is 8.87. The third-order valence-electron chi connectivity index (χ3n) is 1.79. The van der Waals surface area contributed by atoms with E-state index in [1.807, 2.05) is 44.1 Å². The minimum Gasteiger partial charge on any atom is -0.376 e. The molecule has 1 amide bonds. The first-order valence-electron chi connectivity index (χ1n) is 4.74. The second-order valence-electron chi connectivity index (χ2n) is 3.68. The molecule has 0 aromatic heterocycles. The third-order valence-corrected chi connectivity index (χ3v) is 1.79. The van der Waals surface area contributed by atoms with E-state index in [1.54, 1.807) is 0 Å². The summed E-state index contributed by atoms with van der Waals surface area (Å²) in [6.45, 7) is 4.80. The molecule has 1 aliphatic rings. The van der Waals surface area contributed by atoms with Crippen LogP contribution < -0.4 is 10.9 Å². The monoisotopic (exact) mass is 195 g/mol. The maximum absolute atomic E-state index is 11.5. The number of nitrogens with one attached hydrogen (secondary N) is 2. The van der Waals surface area contributed by atoms with E-state index < -0.39 is 0 Å². The van der Waals surface area contributed by atoms with Crippen LogP contribution in [0.4, 0.5) is 0 Å². The van der Waals surface area contributed by atoms with Crippen LogP contribution in [-0.2, 0) is 4.79 Å². The van der Waals surface area contributed by atoms with Gasteiger partial charge in [-0.3, -0.25) is 10.2 Å². The highest BCUT2D eigenvalue weighted by atomic mass is 16.2. The van der Waals surface area contributed by atoms with Gasteiger partial charge in [0.1, 0.15) is 0 Å². The molecule has 0 aliphatic carbocycles. The average Bonchev–Trinajstić information content (AvgIpc) is 2.14. The normalized spacial score (nSPS) is 15.7. The number of likely N-dealkylation sites (N-methyl/N-ethyl adjacent to an activating group) is 1. The molecule has 4 nitrogen and oxygen atoms in total. The lowest BCUT2D eigenvalue weighted by atomic mass is 10.2. The van der Waals surface area contributed by atoms with E-state index in [9.17, 15) is 4.79 Å². The van der Waals surface area contributed by atoms with Crippen molar-refractivity contribution >= 4 is 5.91 Å². The van der Waals surface area contributed by atoms with Crippen LogP contribution in [0.2, 0.25) is 0 Å². The van der Waals surface area contributed by atoms with Gasteiger partial charge in [0, 0.05) is 25.8 Å². The van der Waals surface area contributed by atoms with Gasteiger partial charge >= 0.3 is 0 Å². The van der Waals surface area contributed by atoms with E-state index >= 15 is 0 Å². The number of carbonyl (C=O) groups excluding carboxylic acids is 1. The van der Waals surface area contributed by atoms with E-state index in [2.05, 4.69) is 10.9 Å². The Labute approximate surface area is 84.6 Å². The molecule has 2 N–H and O–H groups in total. The van der Waals surface area contributed by atoms with Gasteiger partial charge in [0.05, 0.1) is 5.57 Å². The zero-order chi connectivity index (χ0) is 10.6. The van der Waals surface area contributed by atoms with Gasteiger partial charge in [0.15, 0.2) is 0 Å². The van der Waals surface area contributed by atoms with Gasteiger partial charge in [0.25, 0.3) is 5.91 Å². The van der Waals surface area contributed by atoms with Crippen LogP contribution in [0.3, 0.4) is 0 Å². The second-order valence-corrected chi connectivity index (χ2v) is 3.68. The molecule has 0 atom stereocenters. The number of hydrazine groups is 1. The summed E-state index contributed by atoms with van der Waals surface area (Å²) in [6.07, 6.45) is 5.62. The van der Waals surface area contributed by atoms with Crippen LogP contribution in [0.1, 0.15) is 13.8 Å². The van der Waals surface area contributed by atoms with Crippen LogP contribution in [0, 0.1) is 0 Å². The van der Waals surface area contributed by atoms with Crippen LogP contribution in [0.5, 0.6) is 0 Å². The average molecular weight is 195 g/mol. The lowest BCUT2D eigenvalue weighted by Gasteiger charge is -2.18. The standard InChI is InChI=1S/C10H17N3O/c1-8(2)11-12-10(14)9-5-4-6-13(3)7-9/h4-5,7-8,11H,6H2,1-3H3,(H,12,14). The van der Waals surface area contributed by atoms with E-state index in [-0.39, 0.29) is 11.9 Å². The first-order chi connectivity index (χ1) is 6.59. The van der Waals surface area contributed by atoms with Crippen molar-refractivity contribution in [1.29, 1.82) is 0 Å². The molecule has 1 aliphatic heterocycles. The summed E-state index contributed by atoms with van der Waals surface area (Å²) in [7, 11) is 1.94. The van der Waals surface area contributed by atoms with Crippen LogP contribution in [-0.4, -0.2) is 30.4 Å². The van der Waals surface area contributed by atoms with Crippen LogP contribution in [0.15, 0.2) is 23.9 Å². The Bertz CT molecular complexity index is 269. The number of hydrogen-bond acceptors (Lipinski definition) is 3. The molecule has 0 fully saturated rings. The Hall–Kier alpha value is -1.29. The van der Waals surface area contributed by atoms with Crippen molar-refractivity contribution in [1.82, 2.24) is 15.8 Å². The van der Waals surface area contributed by atoms with Crippen molar-refractivity contribution in [2.75, 3.05) is 13.6 Å². The summed E-state index contributed by atoms with van der Waals surface area (Å²) >= 11 is 0. The Balaban J connectivity index is 2.48. The Morgan fingerprint density at radius 3 is 2.86 bits per heavy atom. The van der Waals surface area contributed by atoms with Crippen molar-refractivity contribution in [2.24, 2.45) is 0 Å². The Morgan fingerprint density at radius 2 is 2.29 bits per heavy atom. The summed E-state index contributed by atoms with van der Waals surface area (Å²) in [6, 6.07) is 0.241. The van der Waals surface area contributed by atoms with Crippen LogP contribution in [0.25, 0.3) is 0 Å². The minimum atomic E-state index is -0.0958. The lowest BCUT2D eigenvalue weighted by molar-refractivity contribution is -0.118. The number of rotatable bonds is 3. The number of hydrogen-bond donors (Lipinski definition) is 2. The van der Waals surface area contributed by atoms with Gasteiger partial charge in [-0.15, -0.1) is 0 Å². The first-order valence-corrected chi connectivity index (χ1v) is 4.74. The molecule has 4 heteroatoms. The smallest absolute Gasteiger partial charge is 0.266 e. The maximum atomic E-state index is 11.5. The number of amides is 1. The van der Waals surface area contributed by atoms with Gasteiger partial charge in [-0.1, -0.05) is 12.2 Å². The molecule has 0 spiro atoms. The Kier molecular flexibility index (Phi) is 3.71. The summed E-state index contributed by atoms with van der Waals surface area (Å²) in [4.78, 5) is 13.5. The van der Waals surface area contributed by atoms with Crippen molar-refractivity contribution in [2.45, 2.75) is 19.9 Å². The fourth-order valence-corrected chi connectivity index (χ4v) is 1.10. The van der Waals surface area contributed by atoms with Gasteiger partial charge in [-0.2, -0.15) is 0 Å². The molecule has 78 valence electrons. The van der Waals surface area contributed by atoms with E-state index in [0.717, 1.165) is 6.54 Å². The van der Waals surface area contributed by atoms with Crippen LogP contribution >= 0.6 is 0 Å². The predicted molar refractivity (Wildman–Crippen MR) is 56.3 cm³/mol. The highest BCUT2D eigenvalue weighted by molar-refractivity contribution is 5.95. The number of carbonyl (C=O) groups is 1. The second kappa shape index (κ2) is 4.81. The van der Waals surface area contributed by atoms with Crippen molar-refractivity contribution in [3.8, 4) is 0 Å². The molecule has 0 saturated heterocycles. The maximum Gasteiger partial charge on any atom is 0.266 e. The SMILES string of the molecule is CC(C)NNC(=O)C1=CN(C)CC=C1. The lowest BCUT2D eigenvalue weighted by Crippen LogP contribution is -2.42. The first kappa shape index (κ1) is 10.8. The van der Waals surface area contributed by atoms with Gasteiger partial charge in [0.2, 0.25) is 0 Å². The molecule has 0 aromatic rings. The van der Waals surface area contributed by atoms with Gasteiger partial charge in [-0.25, -0.2) is 5.43 Å². The fourth-order valence-electron chi connectivity index (χ4n) is 1.10. The highest BCUT2D eigenvalue weighted by Crippen LogP contribution is 2.04. The van der Waals surface area contributed by atoms with Crippen molar-refractivity contribution < 1.29 is 4.79 Å². The van der Waals surface area contributed by atoms with Crippen molar-refractivity contribution in [3.05, 3.63) is 23.9 Å². The zero-order valence-electron chi connectivity index (χ0n) is 8.87. The minimum absolute atomic E-state index is 0.0958. The van der Waals surface area contributed by atoms with E-state index in [0.29, 0.717) is 5.57 Å². The Morgan fingerprint density at radius 1 is 1.57 bits per heavy atom. The molecular formula is C10H17N3O. The van der Waals surface area contributed by atoms with Crippen molar-refractivity contribution in [3.63, 3.8) is 0 Å². The molecule has 0 bridgehead atoms. The summed E-state index contributed by atoms with van der Waals surface area (Å²) in [5, 5.41) is 0. The molecule has 0 unspecified atom stereocenters. The fraction of sp³-hybridized carbons (Fsp3) is 0.500. The summed E-state index contributed by atoms with van der Waals surface area (Å²) in [5.41, 5.74) is 6.17. The van der Waals surface area contributed by atoms with Gasteiger partial charge in [-0.05, 0) is 13.8 Å². The molecular weight excluding hydrogens is 178 g/mol. The molecule has 0 saturated carbocycles. The molecule has 0 radical (unpaired) electrons. The predicted octanol–water partition coefficient (Wildman–Crippen LogP) is 0.401. The molecule has 14 heavy (non-hydrogen) atoms. The van der Waals surface area contributed by atoms with Gasteiger partial charge < -0.3 is 4.90 Å². The van der Waals surface area contributed by atoms with E-state index in [1.165, 1.54) is 0 Å². The summed E-state index contributed by atoms with van der Waals surface area (Å²) in [5.74, 6) is -0.0958. The third kappa shape index (κ3) is 3.22. The number of nitrogens with zero attached hydrogens (tertiary/aromatic N) is 1.